The third-order valence-corrected chi connectivity index (χ3v) is 5.92. The zero-order chi connectivity index (χ0) is 24.1. The van der Waals surface area contributed by atoms with Crippen molar-refractivity contribution >= 4 is 44.9 Å². The van der Waals surface area contributed by atoms with E-state index in [0.717, 1.165) is 50.5 Å². The number of hydrogen-bond donors (Lipinski definition) is 3. The fourth-order valence-electron chi connectivity index (χ4n) is 3.62. The molecule has 5 rings (SSSR count). The van der Waals surface area contributed by atoms with Crippen molar-refractivity contribution in [1.29, 1.82) is 0 Å². The van der Waals surface area contributed by atoms with Crippen LogP contribution in [0.3, 0.4) is 0 Å². The molecule has 0 unspecified atom stereocenters. The van der Waals surface area contributed by atoms with E-state index in [-0.39, 0.29) is 0 Å². The first kappa shape index (κ1) is 23.1. The predicted octanol–water partition coefficient (Wildman–Crippen LogP) is 7.20. The van der Waals surface area contributed by atoms with Crippen molar-refractivity contribution in [2.75, 3.05) is 16.4 Å². The molecule has 0 aliphatic rings. The van der Waals surface area contributed by atoms with Gasteiger partial charge in [-0.05, 0) is 48.9 Å². The molecule has 0 spiro atoms. The number of benzene rings is 2. The summed E-state index contributed by atoms with van der Waals surface area (Å²) < 4.78 is 2.07. The number of para-hydroxylation sites is 2. The van der Waals surface area contributed by atoms with Gasteiger partial charge in [0.2, 0.25) is 0 Å². The van der Waals surface area contributed by atoms with Crippen LogP contribution in [0, 0.1) is 6.92 Å². The van der Waals surface area contributed by atoms with E-state index in [2.05, 4.69) is 26.6 Å². The predicted molar refractivity (Wildman–Crippen MR) is 146 cm³/mol. The van der Waals surface area contributed by atoms with Crippen molar-refractivity contribution in [3.05, 3.63) is 96.1 Å². The summed E-state index contributed by atoms with van der Waals surface area (Å²) >= 11 is 1.56. The topological polar surface area (TPSA) is 80.3 Å². The van der Waals surface area contributed by atoms with Crippen LogP contribution in [0.4, 0.5) is 22.2 Å². The monoisotopic (exact) mass is 468 g/mol. The molecule has 5 aromatic rings. The van der Waals surface area contributed by atoms with Crippen LogP contribution < -0.4 is 16.4 Å². The molecule has 6 nitrogen and oxygen atoms in total. The summed E-state index contributed by atoms with van der Waals surface area (Å²) in [6.45, 7) is 10.2. The number of thiazole rings is 1. The first-order chi connectivity index (χ1) is 16.6. The molecule has 4 N–H and O–H groups in total. The van der Waals surface area contributed by atoms with E-state index < -0.39 is 0 Å². The Kier molecular flexibility index (Phi) is 6.94. The van der Waals surface area contributed by atoms with E-state index in [9.17, 15) is 0 Å². The van der Waals surface area contributed by atoms with Gasteiger partial charge in [0.15, 0.2) is 5.13 Å². The van der Waals surface area contributed by atoms with E-state index in [1.807, 2.05) is 99.1 Å². The quantitative estimate of drug-likeness (QED) is 0.230. The molecule has 0 aliphatic heterocycles. The van der Waals surface area contributed by atoms with Crippen molar-refractivity contribution in [2.24, 2.45) is 0 Å². The van der Waals surface area contributed by atoms with Crippen LogP contribution in [-0.4, -0.2) is 14.4 Å². The van der Waals surface area contributed by atoms with Crippen molar-refractivity contribution in [2.45, 2.75) is 20.8 Å². The Labute approximate surface area is 203 Å². The molecule has 0 atom stereocenters. The molecule has 3 aromatic heterocycles. The third kappa shape index (κ3) is 4.79. The lowest BCUT2D eigenvalue weighted by Gasteiger charge is -2.13. The number of fused-ring (bicyclic) bond motifs is 1. The van der Waals surface area contributed by atoms with Gasteiger partial charge in [0, 0.05) is 23.0 Å². The Morgan fingerprint density at radius 1 is 1.00 bits per heavy atom. The average molecular weight is 469 g/mol. The van der Waals surface area contributed by atoms with Crippen LogP contribution in [0.25, 0.3) is 22.7 Å². The van der Waals surface area contributed by atoms with Gasteiger partial charge in [-0.1, -0.05) is 50.8 Å². The molecule has 0 amide bonds. The van der Waals surface area contributed by atoms with Gasteiger partial charge in [0.25, 0.3) is 0 Å². The Morgan fingerprint density at radius 2 is 1.79 bits per heavy atom. The molecule has 2 aromatic carbocycles. The maximum Gasteiger partial charge on any atom is 0.187 e. The van der Waals surface area contributed by atoms with Crippen LogP contribution in [0.15, 0.2) is 84.9 Å². The van der Waals surface area contributed by atoms with Crippen LogP contribution >= 0.6 is 11.3 Å². The highest BCUT2D eigenvalue weighted by molar-refractivity contribution is 7.14. The molecule has 0 radical (unpaired) electrons. The normalized spacial score (nSPS) is 10.4. The van der Waals surface area contributed by atoms with Gasteiger partial charge < -0.3 is 16.4 Å². The molecule has 0 aliphatic carbocycles. The van der Waals surface area contributed by atoms with Crippen molar-refractivity contribution < 1.29 is 0 Å². The molecular weight excluding hydrogens is 440 g/mol. The minimum Gasteiger partial charge on any atom is -0.397 e. The maximum absolute atomic E-state index is 6.04. The zero-order valence-corrected chi connectivity index (χ0v) is 20.4. The summed E-state index contributed by atoms with van der Waals surface area (Å²) in [5.74, 6) is 0. The van der Waals surface area contributed by atoms with Gasteiger partial charge in [-0.2, -0.15) is 0 Å². The second-order valence-electron chi connectivity index (χ2n) is 7.41. The fourth-order valence-corrected chi connectivity index (χ4v) is 4.33. The number of aromatic nitrogens is 3. The van der Waals surface area contributed by atoms with Gasteiger partial charge in [-0.3, -0.25) is 4.40 Å². The number of anilines is 4. The van der Waals surface area contributed by atoms with Gasteiger partial charge in [-0.15, -0.1) is 11.3 Å². The van der Waals surface area contributed by atoms with Gasteiger partial charge in [0.05, 0.1) is 22.8 Å². The van der Waals surface area contributed by atoms with E-state index in [1.165, 1.54) is 0 Å². The van der Waals surface area contributed by atoms with Crippen molar-refractivity contribution in [3.8, 4) is 11.4 Å². The fraction of sp³-hybridized carbons (Fsp3) is 0.111. The standard InChI is InChI=1S/C25H22N6S.C2H6/c1-16(27-21-11-4-3-10-20(21)26)18-8-7-9-19(14-18)29-25-30-22(15-32-25)24-17(2)28-23-12-5-6-13-31(23)24;1-2/h3-15,27H,1,26H2,2H3,(H,29,30);1-2H3. The van der Waals surface area contributed by atoms with E-state index in [4.69, 9.17) is 10.7 Å². The molecule has 0 bridgehead atoms. The smallest absolute Gasteiger partial charge is 0.187 e. The molecule has 0 fully saturated rings. The Balaban J connectivity index is 0.00000133. The highest BCUT2D eigenvalue weighted by Gasteiger charge is 2.14. The van der Waals surface area contributed by atoms with Crippen molar-refractivity contribution in [1.82, 2.24) is 14.4 Å². The number of nitrogen functional groups attached to an aromatic ring is 1. The lowest BCUT2D eigenvalue weighted by Crippen LogP contribution is -2.01. The van der Waals surface area contributed by atoms with E-state index >= 15 is 0 Å². The second kappa shape index (κ2) is 10.2. The molecule has 172 valence electrons. The summed E-state index contributed by atoms with van der Waals surface area (Å²) in [6, 6.07) is 21.7. The molecule has 0 saturated carbocycles. The maximum atomic E-state index is 6.04. The van der Waals surface area contributed by atoms with Crippen molar-refractivity contribution in [3.63, 3.8) is 0 Å². The van der Waals surface area contributed by atoms with Crippen LogP contribution in [0.1, 0.15) is 25.1 Å². The number of nitrogens with two attached hydrogens (primary N) is 1. The molecule has 7 heteroatoms. The van der Waals surface area contributed by atoms with Crippen LogP contribution in [0.2, 0.25) is 0 Å². The van der Waals surface area contributed by atoms with Crippen LogP contribution in [0.5, 0.6) is 0 Å². The van der Waals surface area contributed by atoms with E-state index in [1.54, 1.807) is 11.3 Å². The average Bonchev–Trinajstić information content (AvgIpc) is 3.44. The number of hydrogen-bond acceptors (Lipinski definition) is 6. The summed E-state index contributed by atoms with van der Waals surface area (Å²) in [7, 11) is 0. The van der Waals surface area contributed by atoms with E-state index in [0.29, 0.717) is 5.69 Å². The SMILES string of the molecule is C=C(Nc1ccccc1N)c1cccc(Nc2nc(-c3c(C)nc4ccccn34)cs2)c1.CC. The highest BCUT2D eigenvalue weighted by Crippen LogP contribution is 2.31. The number of nitrogens with zero attached hydrogens (tertiary/aromatic N) is 3. The molecule has 34 heavy (non-hydrogen) atoms. The minimum absolute atomic E-state index is 0.681. The number of nitrogens with one attached hydrogen (secondary N) is 2. The summed E-state index contributed by atoms with van der Waals surface area (Å²) in [5, 5.41) is 9.57. The van der Waals surface area contributed by atoms with Gasteiger partial charge >= 0.3 is 0 Å². The Morgan fingerprint density at radius 3 is 2.62 bits per heavy atom. The largest absolute Gasteiger partial charge is 0.397 e. The van der Waals surface area contributed by atoms with Crippen LogP contribution in [-0.2, 0) is 0 Å². The minimum atomic E-state index is 0.681. The molecular formula is C27H28N6S. The first-order valence-corrected chi connectivity index (χ1v) is 12.0. The lowest BCUT2D eigenvalue weighted by atomic mass is 10.1. The number of aryl methyl sites for hydroxylation is 1. The number of imidazole rings is 1. The number of rotatable bonds is 6. The summed E-state index contributed by atoms with van der Waals surface area (Å²) in [5.41, 5.74) is 14.0. The first-order valence-electron chi connectivity index (χ1n) is 11.2. The molecule has 0 saturated heterocycles. The summed E-state index contributed by atoms with van der Waals surface area (Å²) in [6.07, 6.45) is 2.01. The number of pyridine rings is 1. The second-order valence-corrected chi connectivity index (χ2v) is 8.27. The highest BCUT2D eigenvalue weighted by atomic mass is 32.1. The van der Waals surface area contributed by atoms with Gasteiger partial charge in [0.1, 0.15) is 11.3 Å². The summed E-state index contributed by atoms with van der Waals surface area (Å²) in [4.78, 5) is 9.44. The Hall–Kier alpha value is -4.10. The third-order valence-electron chi connectivity index (χ3n) is 5.16. The van der Waals surface area contributed by atoms with Gasteiger partial charge in [-0.25, -0.2) is 9.97 Å². The Bertz CT molecular complexity index is 1430. The lowest BCUT2D eigenvalue weighted by molar-refractivity contribution is 1.17. The zero-order valence-electron chi connectivity index (χ0n) is 19.5. The molecule has 3 heterocycles.